The Balaban J connectivity index is 1.90. The quantitative estimate of drug-likeness (QED) is 0.828. The van der Waals surface area contributed by atoms with Crippen LogP contribution in [0.5, 0.6) is 0 Å². The molecule has 1 aliphatic rings. The molecular weight excluding hydrogens is 238 g/mol. The summed E-state index contributed by atoms with van der Waals surface area (Å²) in [5, 5.41) is 3.40. The van der Waals surface area contributed by atoms with Crippen LogP contribution in [0.4, 0.5) is 5.82 Å². The van der Waals surface area contributed by atoms with Gasteiger partial charge in [-0.3, -0.25) is 0 Å². The van der Waals surface area contributed by atoms with Gasteiger partial charge in [-0.15, -0.1) is 0 Å². The number of aromatic nitrogens is 2. The first-order valence-corrected chi connectivity index (χ1v) is 7.00. The second kappa shape index (κ2) is 6.66. The minimum absolute atomic E-state index is 0.360. The van der Waals surface area contributed by atoms with Crippen LogP contribution in [0.1, 0.15) is 44.1 Å². The molecule has 0 atom stereocenters. The van der Waals surface area contributed by atoms with Gasteiger partial charge in [0.25, 0.3) is 0 Å². The average molecular weight is 261 g/mol. The Kier molecular flexibility index (Phi) is 4.91. The van der Waals surface area contributed by atoms with Crippen molar-refractivity contribution >= 4 is 5.82 Å². The van der Waals surface area contributed by atoms with Crippen molar-refractivity contribution in [1.29, 1.82) is 0 Å². The van der Waals surface area contributed by atoms with E-state index in [1.54, 1.807) is 0 Å². The van der Waals surface area contributed by atoms with Gasteiger partial charge in [0.2, 0.25) is 0 Å². The van der Waals surface area contributed by atoms with Crippen LogP contribution < -0.4 is 5.32 Å². The number of hydrogen-bond acceptors (Lipinski definition) is 4. The van der Waals surface area contributed by atoms with Gasteiger partial charge in [0.15, 0.2) is 0 Å². The van der Waals surface area contributed by atoms with E-state index in [4.69, 9.17) is 4.74 Å². The van der Waals surface area contributed by atoms with Crippen molar-refractivity contribution in [2.45, 2.75) is 39.5 Å². The van der Waals surface area contributed by atoms with E-state index in [0.29, 0.717) is 5.92 Å². The molecule has 2 rings (SSSR count). The molecule has 1 aromatic rings. The molecule has 1 N–H and O–H groups in total. The third kappa shape index (κ3) is 4.31. The fraction of sp³-hybridized carbons (Fsp3) is 0.600. The zero-order valence-corrected chi connectivity index (χ0v) is 12.1. The molecule has 19 heavy (non-hydrogen) atoms. The van der Waals surface area contributed by atoms with Crippen LogP contribution in [0.3, 0.4) is 0 Å². The van der Waals surface area contributed by atoms with Crippen LogP contribution in [0, 0.1) is 6.92 Å². The highest BCUT2D eigenvalue weighted by Crippen LogP contribution is 2.15. The molecule has 0 bridgehead atoms. The van der Waals surface area contributed by atoms with Gasteiger partial charge in [-0.25, -0.2) is 9.97 Å². The Bertz CT molecular complexity index is 455. The van der Waals surface area contributed by atoms with Gasteiger partial charge in [-0.05, 0) is 19.8 Å². The molecule has 0 spiro atoms. The molecule has 4 heteroatoms. The summed E-state index contributed by atoms with van der Waals surface area (Å²) < 4.78 is 5.30. The predicted octanol–water partition coefficient (Wildman–Crippen LogP) is 3.06. The lowest BCUT2D eigenvalue weighted by molar-refractivity contribution is 0.153. The fourth-order valence-corrected chi connectivity index (χ4v) is 2.08. The zero-order chi connectivity index (χ0) is 13.7. The molecule has 0 unspecified atom stereocenters. The maximum atomic E-state index is 5.30. The van der Waals surface area contributed by atoms with Crippen LogP contribution >= 0.6 is 0 Å². The summed E-state index contributed by atoms with van der Waals surface area (Å²) in [6.45, 7) is 8.78. The molecule has 0 saturated carbocycles. The standard InChI is InChI=1S/C15H23N3O/c1-11(2)15-17-12(3)10-14(18-15)16-7-4-13-5-8-19-9-6-13/h5,10-11H,4,6-9H2,1-3H3,(H,16,17,18). The van der Waals surface area contributed by atoms with E-state index in [-0.39, 0.29) is 0 Å². The summed E-state index contributed by atoms with van der Waals surface area (Å²) in [4.78, 5) is 9.00. The van der Waals surface area contributed by atoms with E-state index in [0.717, 1.165) is 49.9 Å². The predicted molar refractivity (Wildman–Crippen MR) is 77.5 cm³/mol. The van der Waals surface area contributed by atoms with Crippen LogP contribution in [-0.2, 0) is 4.74 Å². The van der Waals surface area contributed by atoms with Crippen molar-refractivity contribution in [3.8, 4) is 0 Å². The van der Waals surface area contributed by atoms with E-state index in [2.05, 4.69) is 35.2 Å². The highest BCUT2D eigenvalue weighted by Gasteiger charge is 2.07. The van der Waals surface area contributed by atoms with Crippen molar-refractivity contribution in [2.75, 3.05) is 25.1 Å². The first kappa shape index (κ1) is 14.0. The third-order valence-electron chi connectivity index (χ3n) is 3.20. The molecule has 104 valence electrons. The van der Waals surface area contributed by atoms with Gasteiger partial charge < -0.3 is 10.1 Å². The molecular formula is C15H23N3O. The van der Waals surface area contributed by atoms with E-state index in [9.17, 15) is 0 Å². The number of aryl methyl sites for hydroxylation is 1. The first-order valence-electron chi connectivity index (χ1n) is 7.00. The van der Waals surface area contributed by atoms with Crippen LogP contribution in [0.25, 0.3) is 0 Å². The van der Waals surface area contributed by atoms with E-state index >= 15 is 0 Å². The second-order valence-corrected chi connectivity index (χ2v) is 5.27. The lowest BCUT2D eigenvalue weighted by atomic mass is 10.1. The normalized spacial score (nSPS) is 15.5. The molecule has 0 amide bonds. The van der Waals surface area contributed by atoms with Gasteiger partial charge >= 0.3 is 0 Å². The lowest BCUT2D eigenvalue weighted by Gasteiger charge is -2.14. The van der Waals surface area contributed by atoms with Crippen molar-refractivity contribution in [1.82, 2.24) is 9.97 Å². The molecule has 4 nitrogen and oxygen atoms in total. The molecule has 0 saturated heterocycles. The zero-order valence-electron chi connectivity index (χ0n) is 12.1. The summed E-state index contributed by atoms with van der Waals surface area (Å²) >= 11 is 0. The smallest absolute Gasteiger partial charge is 0.133 e. The Labute approximate surface area is 115 Å². The largest absolute Gasteiger partial charge is 0.377 e. The molecule has 1 aliphatic heterocycles. The van der Waals surface area contributed by atoms with Crippen LogP contribution in [-0.4, -0.2) is 29.7 Å². The number of hydrogen-bond donors (Lipinski definition) is 1. The van der Waals surface area contributed by atoms with Crippen LogP contribution in [0.15, 0.2) is 17.7 Å². The highest BCUT2D eigenvalue weighted by molar-refractivity contribution is 5.36. The first-order chi connectivity index (χ1) is 9.15. The molecule has 0 aromatic carbocycles. The van der Waals surface area contributed by atoms with Crippen LogP contribution in [0.2, 0.25) is 0 Å². The fourth-order valence-electron chi connectivity index (χ4n) is 2.08. The Morgan fingerprint density at radius 3 is 2.89 bits per heavy atom. The Hall–Kier alpha value is -1.42. The number of anilines is 1. The van der Waals surface area contributed by atoms with Crippen molar-refractivity contribution in [2.24, 2.45) is 0 Å². The topological polar surface area (TPSA) is 47.0 Å². The number of nitrogens with zero attached hydrogens (tertiary/aromatic N) is 2. The Morgan fingerprint density at radius 2 is 2.21 bits per heavy atom. The van der Waals surface area contributed by atoms with Crippen molar-refractivity contribution < 1.29 is 4.74 Å². The highest BCUT2D eigenvalue weighted by atomic mass is 16.5. The van der Waals surface area contributed by atoms with E-state index in [1.165, 1.54) is 5.57 Å². The molecule has 0 fully saturated rings. The van der Waals surface area contributed by atoms with Gasteiger partial charge in [0.05, 0.1) is 13.2 Å². The summed E-state index contributed by atoms with van der Waals surface area (Å²) in [7, 11) is 0. The SMILES string of the molecule is Cc1cc(NCCC2=CCOCC2)nc(C(C)C)n1. The summed E-state index contributed by atoms with van der Waals surface area (Å²) in [6, 6.07) is 2.00. The molecule has 0 aliphatic carbocycles. The maximum absolute atomic E-state index is 5.30. The van der Waals surface area contributed by atoms with Gasteiger partial charge in [0, 0.05) is 24.2 Å². The third-order valence-corrected chi connectivity index (χ3v) is 3.20. The molecule has 2 heterocycles. The van der Waals surface area contributed by atoms with E-state index < -0.39 is 0 Å². The number of rotatable bonds is 5. The Morgan fingerprint density at radius 1 is 1.37 bits per heavy atom. The van der Waals surface area contributed by atoms with Crippen molar-refractivity contribution in [3.05, 3.63) is 29.2 Å². The molecule has 0 radical (unpaired) electrons. The molecule has 1 aromatic heterocycles. The number of ether oxygens (including phenoxy) is 1. The van der Waals surface area contributed by atoms with Crippen molar-refractivity contribution in [3.63, 3.8) is 0 Å². The minimum Gasteiger partial charge on any atom is -0.377 e. The monoisotopic (exact) mass is 261 g/mol. The summed E-state index contributed by atoms with van der Waals surface area (Å²) in [6.07, 6.45) is 4.31. The van der Waals surface area contributed by atoms with Gasteiger partial charge in [-0.1, -0.05) is 25.5 Å². The summed E-state index contributed by atoms with van der Waals surface area (Å²) in [5.41, 5.74) is 2.50. The minimum atomic E-state index is 0.360. The lowest BCUT2D eigenvalue weighted by Crippen LogP contribution is -2.11. The number of nitrogens with one attached hydrogen (secondary N) is 1. The van der Waals surface area contributed by atoms with Gasteiger partial charge in [0.1, 0.15) is 11.6 Å². The van der Waals surface area contributed by atoms with E-state index in [1.807, 2.05) is 13.0 Å². The maximum Gasteiger partial charge on any atom is 0.133 e. The average Bonchev–Trinajstić information content (AvgIpc) is 2.39. The summed E-state index contributed by atoms with van der Waals surface area (Å²) in [5.74, 6) is 2.20. The second-order valence-electron chi connectivity index (χ2n) is 5.27. The van der Waals surface area contributed by atoms with Gasteiger partial charge in [-0.2, -0.15) is 0 Å².